The molecule has 0 radical (unpaired) electrons. The van der Waals surface area contributed by atoms with Crippen LogP contribution in [0.2, 0.25) is 5.02 Å². The summed E-state index contributed by atoms with van der Waals surface area (Å²) in [4.78, 5) is 11.9. The maximum Gasteiger partial charge on any atom is 0.319 e. The normalized spacial score (nSPS) is 12.1. The molecule has 0 spiro atoms. The Balaban J connectivity index is 2.03. The van der Waals surface area contributed by atoms with Gasteiger partial charge in [-0.1, -0.05) is 29.4 Å². The van der Waals surface area contributed by atoms with Crippen molar-refractivity contribution in [2.24, 2.45) is 0 Å². The lowest BCUT2D eigenvalue weighted by Gasteiger charge is -2.12. The standard InChI is InChI=1S/C17H16ClN3O3S/c1-3-23-16(22)11(2)25-17-20-19-15(14-8-5-9-24-14)21(17)13-7-4-6-12(18)10-13/h4-11H,3H2,1-2H3/t11-/m0/s1. The highest BCUT2D eigenvalue weighted by Gasteiger charge is 2.23. The number of thioether (sulfide) groups is 1. The van der Waals surface area contributed by atoms with Crippen molar-refractivity contribution in [2.45, 2.75) is 24.3 Å². The number of benzene rings is 1. The van der Waals surface area contributed by atoms with E-state index in [2.05, 4.69) is 10.2 Å². The van der Waals surface area contributed by atoms with E-state index in [0.717, 1.165) is 5.69 Å². The van der Waals surface area contributed by atoms with Crippen LogP contribution in [0.4, 0.5) is 0 Å². The van der Waals surface area contributed by atoms with Crippen LogP contribution in [0.1, 0.15) is 13.8 Å². The lowest BCUT2D eigenvalue weighted by molar-refractivity contribution is -0.142. The van der Waals surface area contributed by atoms with Gasteiger partial charge in [-0.05, 0) is 44.2 Å². The Morgan fingerprint density at radius 3 is 2.88 bits per heavy atom. The Morgan fingerprint density at radius 2 is 2.20 bits per heavy atom. The van der Waals surface area contributed by atoms with E-state index in [-0.39, 0.29) is 5.97 Å². The molecule has 130 valence electrons. The molecule has 0 unspecified atom stereocenters. The average molecular weight is 378 g/mol. The van der Waals surface area contributed by atoms with E-state index in [9.17, 15) is 4.79 Å². The van der Waals surface area contributed by atoms with Gasteiger partial charge in [-0.25, -0.2) is 0 Å². The van der Waals surface area contributed by atoms with Crippen molar-refractivity contribution in [2.75, 3.05) is 6.61 Å². The van der Waals surface area contributed by atoms with Crippen LogP contribution in [0, 0.1) is 0 Å². The minimum Gasteiger partial charge on any atom is -0.465 e. The fourth-order valence-electron chi connectivity index (χ4n) is 2.23. The van der Waals surface area contributed by atoms with Crippen molar-refractivity contribution in [3.8, 4) is 17.3 Å². The van der Waals surface area contributed by atoms with Crippen LogP contribution in [-0.2, 0) is 9.53 Å². The Kier molecular flexibility index (Phi) is 5.45. The van der Waals surface area contributed by atoms with Gasteiger partial charge < -0.3 is 9.15 Å². The molecule has 3 rings (SSSR count). The van der Waals surface area contributed by atoms with Crippen LogP contribution in [0.15, 0.2) is 52.2 Å². The van der Waals surface area contributed by atoms with E-state index in [1.165, 1.54) is 11.8 Å². The summed E-state index contributed by atoms with van der Waals surface area (Å²) in [5.41, 5.74) is 0.780. The molecule has 0 N–H and O–H groups in total. The summed E-state index contributed by atoms with van der Waals surface area (Å²) < 4.78 is 12.3. The molecule has 0 aliphatic carbocycles. The van der Waals surface area contributed by atoms with E-state index in [4.69, 9.17) is 20.8 Å². The number of aromatic nitrogens is 3. The molecular formula is C17H16ClN3O3S. The summed E-state index contributed by atoms with van der Waals surface area (Å²) >= 11 is 7.40. The minimum absolute atomic E-state index is 0.298. The molecule has 6 nitrogen and oxygen atoms in total. The zero-order valence-electron chi connectivity index (χ0n) is 13.7. The van der Waals surface area contributed by atoms with E-state index in [1.54, 1.807) is 44.4 Å². The molecule has 2 aromatic heterocycles. The van der Waals surface area contributed by atoms with Gasteiger partial charge >= 0.3 is 5.97 Å². The summed E-state index contributed by atoms with van der Waals surface area (Å²) in [6.07, 6.45) is 1.57. The first-order valence-corrected chi connectivity index (χ1v) is 8.94. The molecule has 0 fully saturated rings. The zero-order chi connectivity index (χ0) is 17.8. The number of esters is 1. The first-order valence-electron chi connectivity index (χ1n) is 7.68. The smallest absolute Gasteiger partial charge is 0.319 e. The molecule has 0 aliphatic rings. The maximum atomic E-state index is 11.9. The summed E-state index contributed by atoms with van der Waals surface area (Å²) in [5, 5.41) is 9.17. The molecule has 0 saturated carbocycles. The Morgan fingerprint density at radius 1 is 1.36 bits per heavy atom. The summed E-state index contributed by atoms with van der Waals surface area (Å²) in [5.74, 6) is 0.807. The second-order valence-electron chi connectivity index (χ2n) is 5.11. The second kappa shape index (κ2) is 7.76. The number of rotatable bonds is 6. The Labute approximate surface area is 154 Å². The topological polar surface area (TPSA) is 70.2 Å². The van der Waals surface area contributed by atoms with Crippen molar-refractivity contribution < 1.29 is 13.9 Å². The molecule has 0 amide bonds. The number of furan rings is 1. The van der Waals surface area contributed by atoms with Crippen molar-refractivity contribution in [3.63, 3.8) is 0 Å². The molecular weight excluding hydrogens is 362 g/mol. The highest BCUT2D eigenvalue weighted by Crippen LogP contribution is 2.31. The molecule has 8 heteroatoms. The van der Waals surface area contributed by atoms with Crippen molar-refractivity contribution in [1.82, 2.24) is 14.8 Å². The minimum atomic E-state index is -0.425. The Bertz CT molecular complexity index is 864. The molecule has 1 atom stereocenters. The second-order valence-corrected chi connectivity index (χ2v) is 6.86. The quantitative estimate of drug-likeness (QED) is 0.473. The monoisotopic (exact) mass is 377 g/mol. The van der Waals surface area contributed by atoms with Gasteiger partial charge in [0.15, 0.2) is 10.9 Å². The van der Waals surface area contributed by atoms with Crippen LogP contribution in [0.25, 0.3) is 17.3 Å². The lowest BCUT2D eigenvalue weighted by atomic mass is 10.3. The highest BCUT2D eigenvalue weighted by atomic mass is 35.5. The van der Waals surface area contributed by atoms with E-state index in [1.807, 2.05) is 16.7 Å². The first kappa shape index (κ1) is 17.6. The first-order chi connectivity index (χ1) is 12.1. The van der Waals surface area contributed by atoms with Crippen LogP contribution < -0.4 is 0 Å². The van der Waals surface area contributed by atoms with E-state index in [0.29, 0.717) is 28.4 Å². The van der Waals surface area contributed by atoms with Gasteiger partial charge in [0.2, 0.25) is 5.82 Å². The van der Waals surface area contributed by atoms with E-state index >= 15 is 0 Å². The number of ether oxygens (including phenoxy) is 1. The van der Waals surface area contributed by atoms with Crippen molar-refractivity contribution in [3.05, 3.63) is 47.7 Å². The summed E-state index contributed by atoms with van der Waals surface area (Å²) in [6.45, 7) is 3.88. The molecule has 0 bridgehead atoms. The maximum absolute atomic E-state index is 11.9. The average Bonchev–Trinajstić information content (AvgIpc) is 3.24. The number of halogens is 1. The third kappa shape index (κ3) is 3.88. The van der Waals surface area contributed by atoms with Gasteiger partial charge in [0.05, 0.1) is 18.6 Å². The fraction of sp³-hybridized carbons (Fsp3) is 0.235. The van der Waals surface area contributed by atoms with Crippen LogP contribution in [0.5, 0.6) is 0 Å². The molecule has 0 saturated heterocycles. The SMILES string of the molecule is CCOC(=O)[C@H](C)Sc1nnc(-c2ccco2)n1-c1cccc(Cl)c1. The number of carbonyl (C=O) groups is 1. The number of hydrogen-bond donors (Lipinski definition) is 0. The largest absolute Gasteiger partial charge is 0.465 e. The zero-order valence-corrected chi connectivity index (χ0v) is 15.3. The van der Waals surface area contributed by atoms with Gasteiger partial charge in [-0.3, -0.25) is 9.36 Å². The third-order valence-electron chi connectivity index (χ3n) is 3.34. The van der Waals surface area contributed by atoms with E-state index < -0.39 is 5.25 Å². The van der Waals surface area contributed by atoms with Gasteiger partial charge in [0.1, 0.15) is 5.25 Å². The predicted octanol–water partition coefficient (Wildman–Crippen LogP) is 4.22. The van der Waals surface area contributed by atoms with Gasteiger partial charge in [-0.15, -0.1) is 10.2 Å². The number of nitrogens with zero attached hydrogens (tertiary/aromatic N) is 3. The number of carbonyl (C=O) groups excluding carboxylic acids is 1. The third-order valence-corrected chi connectivity index (χ3v) is 4.60. The van der Waals surface area contributed by atoms with Crippen LogP contribution in [0.3, 0.4) is 0 Å². The molecule has 2 heterocycles. The highest BCUT2D eigenvalue weighted by molar-refractivity contribution is 8.00. The van der Waals surface area contributed by atoms with Gasteiger partial charge in [0, 0.05) is 5.02 Å². The van der Waals surface area contributed by atoms with Crippen molar-refractivity contribution >= 4 is 29.3 Å². The molecule has 3 aromatic rings. The predicted molar refractivity (Wildman–Crippen MR) is 96.0 cm³/mol. The van der Waals surface area contributed by atoms with Gasteiger partial charge in [-0.2, -0.15) is 0 Å². The molecule has 25 heavy (non-hydrogen) atoms. The summed E-state index contributed by atoms with van der Waals surface area (Å²) in [7, 11) is 0. The molecule has 1 aromatic carbocycles. The summed E-state index contributed by atoms with van der Waals surface area (Å²) in [6, 6.07) is 10.9. The lowest BCUT2D eigenvalue weighted by Crippen LogP contribution is -2.17. The number of hydrogen-bond acceptors (Lipinski definition) is 6. The fourth-order valence-corrected chi connectivity index (χ4v) is 3.28. The van der Waals surface area contributed by atoms with Gasteiger partial charge in [0.25, 0.3) is 0 Å². The van der Waals surface area contributed by atoms with Crippen LogP contribution >= 0.6 is 23.4 Å². The van der Waals surface area contributed by atoms with Crippen LogP contribution in [-0.4, -0.2) is 32.6 Å². The molecule has 0 aliphatic heterocycles. The Hall–Kier alpha value is -2.25. The van der Waals surface area contributed by atoms with Crippen molar-refractivity contribution in [1.29, 1.82) is 0 Å².